The Labute approximate surface area is 137 Å². The first-order chi connectivity index (χ1) is 11.3. The molecule has 1 aliphatic rings. The minimum absolute atomic E-state index is 0.0716. The zero-order chi connectivity index (χ0) is 16.1. The molecule has 23 heavy (non-hydrogen) atoms. The Morgan fingerprint density at radius 1 is 1.04 bits per heavy atom. The molecule has 0 aliphatic carbocycles. The highest BCUT2D eigenvalue weighted by Crippen LogP contribution is 2.21. The van der Waals surface area contributed by atoms with Crippen molar-refractivity contribution in [2.75, 3.05) is 26.7 Å². The summed E-state index contributed by atoms with van der Waals surface area (Å²) in [5.41, 5.74) is 1.88. The van der Waals surface area contributed by atoms with Crippen molar-refractivity contribution in [1.82, 2.24) is 0 Å². The van der Waals surface area contributed by atoms with Crippen LogP contribution in [0.4, 0.5) is 0 Å². The Morgan fingerprint density at radius 2 is 1.70 bits per heavy atom. The van der Waals surface area contributed by atoms with Gasteiger partial charge < -0.3 is 9.64 Å². The van der Waals surface area contributed by atoms with Crippen LogP contribution >= 0.6 is 0 Å². The molecule has 1 atom stereocenters. The fraction of sp³-hybridized carbons (Fsp3) is 0.350. The number of rotatable bonds is 6. The van der Waals surface area contributed by atoms with E-state index in [0.29, 0.717) is 0 Å². The largest absolute Gasteiger partial charge is 0.497 e. The molecule has 0 saturated carbocycles. The topological polar surface area (TPSA) is 30.7 Å². The average molecular weight is 310 g/mol. The quantitative estimate of drug-likeness (QED) is 0.830. The highest BCUT2D eigenvalue weighted by molar-refractivity contribution is 6.01. The van der Waals surface area contributed by atoms with Crippen molar-refractivity contribution in [1.29, 1.82) is 0 Å². The summed E-state index contributed by atoms with van der Waals surface area (Å²) < 4.78 is 5.19. The summed E-state index contributed by atoms with van der Waals surface area (Å²) >= 11 is 0. The van der Waals surface area contributed by atoms with Gasteiger partial charge >= 0.3 is 0 Å². The normalized spacial score (nSPS) is 16.2. The van der Waals surface area contributed by atoms with Gasteiger partial charge in [-0.2, -0.15) is 0 Å². The van der Waals surface area contributed by atoms with E-state index in [1.807, 2.05) is 42.5 Å². The number of methoxy groups -OCH3 is 1. The number of ketones is 1. The van der Waals surface area contributed by atoms with Gasteiger partial charge in [0.15, 0.2) is 5.78 Å². The Kier molecular flexibility index (Phi) is 5.09. The Morgan fingerprint density at radius 3 is 2.30 bits per heavy atom. The first-order valence-corrected chi connectivity index (χ1v) is 8.34. The van der Waals surface area contributed by atoms with Crippen LogP contribution in [-0.2, 0) is 0 Å². The lowest BCUT2D eigenvalue weighted by Crippen LogP contribution is -3.10. The number of quaternary nitrogens is 1. The summed E-state index contributed by atoms with van der Waals surface area (Å²) in [6, 6.07) is 17.6. The molecule has 1 heterocycles. The molecule has 3 rings (SSSR count). The van der Waals surface area contributed by atoms with E-state index in [9.17, 15) is 4.79 Å². The number of benzene rings is 2. The van der Waals surface area contributed by atoms with E-state index in [2.05, 4.69) is 12.1 Å². The molecule has 0 aromatic heterocycles. The van der Waals surface area contributed by atoms with Crippen LogP contribution in [0.3, 0.4) is 0 Å². The number of Topliss-reactive ketones (excluding diaryl/α,β-unsaturated/α-hetero) is 1. The Bertz CT molecular complexity index is 630. The second-order valence-electron chi connectivity index (χ2n) is 6.22. The first-order valence-electron chi connectivity index (χ1n) is 8.34. The van der Waals surface area contributed by atoms with Crippen LogP contribution in [0.1, 0.15) is 34.7 Å². The fourth-order valence-electron chi connectivity index (χ4n) is 3.37. The van der Waals surface area contributed by atoms with Gasteiger partial charge in [-0.05, 0) is 29.8 Å². The second-order valence-corrected chi connectivity index (χ2v) is 6.22. The average Bonchev–Trinajstić information content (AvgIpc) is 3.13. The predicted molar refractivity (Wildman–Crippen MR) is 91.3 cm³/mol. The van der Waals surface area contributed by atoms with Crippen molar-refractivity contribution in [3.8, 4) is 5.75 Å². The van der Waals surface area contributed by atoms with E-state index >= 15 is 0 Å². The molecule has 2 aromatic rings. The van der Waals surface area contributed by atoms with Crippen molar-refractivity contribution < 1.29 is 14.4 Å². The van der Waals surface area contributed by atoms with Crippen molar-refractivity contribution in [3.05, 3.63) is 65.7 Å². The molecule has 1 N–H and O–H groups in total. The summed E-state index contributed by atoms with van der Waals surface area (Å²) in [7, 11) is 1.64. The molecular weight excluding hydrogens is 286 g/mol. The van der Waals surface area contributed by atoms with Gasteiger partial charge in [-0.1, -0.05) is 30.3 Å². The zero-order valence-corrected chi connectivity index (χ0v) is 13.6. The first kappa shape index (κ1) is 15.8. The third kappa shape index (κ3) is 3.80. The third-order valence-corrected chi connectivity index (χ3v) is 4.70. The Hall–Kier alpha value is -2.13. The maximum atomic E-state index is 13.1. The van der Waals surface area contributed by atoms with Gasteiger partial charge in [-0.15, -0.1) is 0 Å². The van der Waals surface area contributed by atoms with Crippen LogP contribution in [0.2, 0.25) is 0 Å². The lowest BCUT2D eigenvalue weighted by Gasteiger charge is -2.21. The molecule has 0 bridgehead atoms. The monoisotopic (exact) mass is 310 g/mol. The van der Waals surface area contributed by atoms with Gasteiger partial charge in [0.25, 0.3) is 0 Å². The fourth-order valence-corrected chi connectivity index (χ4v) is 3.37. The van der Waals surface area contributed by atoms with Gasteiger partial charge in [-0.3, -0.25) is 4.79 Å². The molecule has 1 saturated heterocycles. The second kappa shape index (κ2) is 7.42. The number of ether oxygens (including phenoxy) is 1. The number of hydrogen-bond donors (Lipinski definition) is 1. The highest BCUT2D eigenvalue weighted by Gasteiger charge is 2.28. The summed E-state index contributed by atoms with van der Waals surface area (Å²) in [5.74, 6) is 0.916. The van der Waals surface area contributed by atoms with Gasteiger partial charge in [0.1, 0.15) is 5.75 Å². The van der Waals surface area contributed by atoms with E-state index in [4.69, 9.17) is 4.74 Å². The summed E-state index contributed by atoms with van der Waals surface area (Å²) in [6.45, 7) is 3.24. The van der Waals surface area contributed by atoms with Gasteiger partial charge in [0.2, 0.25) is 0 Å². The van der Waals surface area contributed by atoms with E-state index in [0.717, 1.165) is 23.4 Å². The van der Waals surface area contributed by atoms with Gasteiger partial charge in [-0.25, -0.2) is 0 Å². The predicted octanol–water partition coefficient (Wildman–Crippen LogP) is 2.34. The maximum absolute atomic E-state index is 13.1. The minimum atomic E-state index is -0.0716. The van der Waals surface area contributed by atoms with Gasteiger partial charge in [0.05, 0.1) is 32.7 Å². The van der Waals surface area contributed by atoms with Crippen LogP contribution in [0.5, 0.6) is 5.75 Å². The number of hydrogen-bond acceptors (Lipinski definition) is 2. The maximum Gasteiger partial charge on any atom is 0.175 e. The van der Waals surface area contributed by atoms with Crippen molar-refractivity contribution in [2.45, 2.75) is 18.8 Å². The molecule has 0 unspecified atom stereocenters. The van der Waals surface area contributed by atoms with Crippen molar-refractivity contribution in [2.24, 2.45) is 0 Å². The van der Waals surface area contributed by atoms with Crippen LogP contribution in [0, 0.1) is 0 Å². The molecule has 120 valence electrons. The molecule has 3 nitrogen and oxygen atoms in total. The van der Waals surface area contributed by atoms with Crippen LogP contribution in [0.25, 0.3) is 0 Å². The van der Waals surface area contributed by atoms with Crippen LogP contribution < -0.4 is 9.64 Å². The number of carbonyl (C=O) groups excluding carboxylic acids is 1. The summed E-state index contributed by atoms with van der Waals surface area (Å²) in [6.07, 6.45) is 2.54. The van der Waals surface area contributed by atoms with E-state index in [1.165, 1.54) is 25.9 Å². The number of nitrogens with one attached hydrogen (secondary N) is 1. The lowest BCUT2D eigenvalue weighted by atomic mass is 9.90. The summed E-state index contributed by atoms with van der Waals surface area (Å²) in [4.78, 5) is 14.6. The highest BCUT2D eigenvalue weighted by atomic mass is 16.5. The zero-order valence-electron chi connectivity index (χ0n) is 13.6. The smallest absolute Gasteiger partial charge is 0.175 e. The van der Waals surface area contributed by atoms with E-state index in [-0.39, 0.29) is 11.7 Å². The van der Waals surface area contributed by atoms with Crippen LogP contribution in [0.15, 0.2) is 54.6 Å². The Balaban J connectivity index is 1.85. The molecule has 3 heteroatoms. The van der Waals surface area contributed by atoms with E-state index < -0.39 is 0 Å². The van der Waals surface area contributed by atoms with Gasteiger partial charge in [0, 0.05) is 18.4 Å². The molecule has 0 amide bonds. The number of carbonyl (C=O) groups is 1. The lowest BCUT2D eigenvalue weighted by molar-refractivity contribution is -0.887. The standard InChI is InChI=1S/C20H23NO2/c1-23-18-11-9-17(10-12-18)20(22)19(15-21-13-5-6-14-21)16-7-3-2-4-8-16/h2-4,7-12,19H,5-6,13-15H2,1H3/p+1/t19-/m1/s1. The molecule has 1 aliphatic heterocycles. The van der Waals surface area contributed by atoms with Crippen LogP contribution in [-0.4, -0.2) is 32.5 Å². The molecule has 1 fully saturated rings. The SMILES string of the molecule is COc1ccc(C(=O)[C@H](C[NH+]2CCCC2)c2ccccc2)cc1. The summed E-state index contributed by atoms with van der Waals surface area (Å²) in [5, 5.41) is 0. The molecule has 0 radical (unpaired) electrons. The molecule has 0 spiro atoms. The molecule has 2 aromatic carbocycles. The number of likely N-dealkylation sites (tertiary alicyclic amines) is 1. The minimum Gasteiger partial charge on any atom is -0.497 e. The van der Waals surface area contributed by atoms with Crippen molar-refractivity contribution >= 4 is 5.78 Å². The third-order valence-electron chi connectivity index (χ3n) is 4.70. The van der Waals surface area contributed by atoms with E-state index in [1.54, 1.807) is 12.0 Å². The molecular formula is C20H24NO2+. The van der Waals surface area contributed by atoms with Crippen molar-refractivity contribution in [3.63, 3.8) is 0 Å².